The normalized spacial score (nSPS) is 12.7. The standard InChI is InChI=1S/C12H11N5O2/c1-7(17-6-2-4-14-17)10-15-9-8(12(18)19)3-5-13-11(9)16-10/h2-7H,1H3,(H,18,19)(H,13,15,16). The summed E-state index contributed by atoms with van der Waals surface area (Å²) in [6.45, 7) is 1.92. The van der Waals surface area contributed by atoms with Gasteiger partial charge in [-0.25, -0.2) is 14.8 Å². The molecule has 0 aliphatic rings. The molecule has 0 saturated carbocycles. The van der Waals surface area contributed by atoms with Crippen molar-refractivity contribution in [3.8, 4) is 0 Å². The largest absolute Gasteiger partial charge is 0.478 e. The first-order chi connectivity index (χ1) is 9.16. The third-order valence-electron chi connectivity index (χ3n) is 2.96. The summed E-state index contributed by atoms with van der Waals surface area (Å²) in [5.74, 6) is -0.380. The van der Waals surface area contributed by atoms with Crippen molar-refractivity contribution < 1.29 is 9.90 Å². The van der Waals surface area contributed by atoms with E-state index in [0.29, 0.717) is 17.0 Å². The van der Waals surface area contributed by atoms with E-state index >= 15 is 0 Å². The Balaban J connectivity index is 2.12. The van der Waals surface area contributed by atoms with Crippen molar-refractivity contribution in [3.05, 3.63) is 42.1 Å². The van der Waals surface area contributed by atoms with Crippen LogP contribution in [0.2, 0.25) is 0 Å². The summed E-state index contributed by atoms with van der Waals surface area (Å²) in [4.78, 5) is 22.5. The van der Waals surface area contributed by atoms with Gasteiger partial charge in [0.2, 0.25) is 0 Å². The van der Waals surface area contributed by atoms with E-state index in [1.807, 2.05) is 19.2 Å². The second-order valence-corrected chi connectivity index (χ2v) is 4.15. The number of fused-ring (bicyclic) bond motifs is 1. The van der Waals surface area contributed by atoms with Gasteiger partial charge in [0.05, 0.1) is 11.1 Å². The number of carboxylic acids is 1. The third-order valence-corrected chi connectivity index (χ3v) is 2.96. The van der Waals surface area contributed by atoms with Crippen LogP contribution >= 0.6 is 0 Å². The van der Waals surface area contributed by atoms with E-state index in [1.54, 1.807) is 10.9 Å². The first-order valence-electron chi connectivity index (χ1n) is 5.74. The van der Waals surface area contributed by atoms with Crippen molar-refractivity contribution in [2.45, 2.75) is 13.0 Å². The monoisotopic (exact) mass is 257 g/mol. The minimum Gasteiger partial charge on any atom is -0.478 e. The number of imidazole rings is 1. The Bertz CT molecular complexity index is 732. The zero-order valence-electron chi connectivity index (χ0n) is 10.1. The van der Waals surface area contributed by atoms with Crippen LogP contribution in [0.3, 0.4) is 0 Å². The highest BCUT2D eigenvalue weighted by Gasteiger charge is 2.17. The molecular formula is C12H11N5O2. The van der Waals surface area contributed by atoms with E-state index in [2.05, 4.69) is 20.1 Å². The van der Waals surface area contributed by atoms with E-state index in [4.69, 9.17) is 5.11 Å². The maximum Gasteiger partial charge on any atom is 0.338 e. The Hall–Kier alpha value is -2.70. The average molecular weight is 257 g/mol. The number of carbonyl (C=O) groups is 1. The number of carboxylic acid groups (broad SMARTS) is 1. The van der Waals surface area contributed by atoms with E-state index in [0.717, 1.165) is 0 Å². The molecule has 3 heterocycles. The van der Waals surface area contributed by atoms with Crippen molar-refractivity contribution in [3.63, 3.8) is 0 Å². The first kappa shape index (κ1) is 11.4. The summed E-state index contributed by atoms with van der Waals surface area (Å²) in [7, 11) is 0. The van der Waals surface area contributed by atoms with Crippen molar-refractivity contribution in [2.75, 3.05) is 0 Å². The van der Waals surface area contributed by atoms with E-state index in [9.17, 15) is 4.79 Å². The van der Waals surface area contributed by atoms with Gasteiger partial charge in [-0.05, 0) is 19.1 Å². The first-order valence-corrected chi connectivity index (χ1v) is 5.74. The molecule has 1 unspecified atom stereocenters. The molecule has 0 amide bonds. The molecule has 7 heteroatoms. The molecule has 0 spiro atoms. The Kier molecular flexibility index (Phi) is 2.52. The van der Waals surface area contributed by atoms with Crippen LogP contribution in [-0.2, 0) is 0 Å². The van der Waals surface area contributed by atoms with E-state index < -0.39 is 5.97 Å². The van der Waals surface area contributed by atoms with Gasteiger partial charge in [0.1, 0.15) is 11.9 Å². The van der Waals surface area contributed by atoms with Crippen LogP contribution in [0.1, 0.15) is 29.1 Å². The fourth-order valence-electron chi connectivity index (χ4n) is 1.94. The van der Waals surface area contributed by atoms with Crippen LogP contribution < -0.4 is 0 Å². The number of nitrogens with one attached hydrogen (secondary N) is 1. The van der Waals surface area contributed by atoms with Gasteiger partial charge in [-0.1, -0.05) is 0 Å². The molecule has 0 aliphatic heterocycles. The zero-order chi connectivity index (χ0) is 13.4. The molecule has 0 bridgehead atoms. The van der Waals surface area contributed by atoms with Crippen molar-refractivity contribution in [2.24, 2.45) is 0 Å². The van der Waals surface area contributed by atoms with Crippen molar-refractivity contribution in [1.82, 2.24) is 24.7 Å². The zero-order valence-corrected chi connectivity index (χ0v) is 10.1. The number of aromatic carboxylic acids is 1. The highest BCUT2D eigenvalue weighted by atomic mass is 16.4. The van der Waals surface area contributed by atoms with Gasteiger partial charge in [-0.15, -0.1) is 0 Å². The van der Waals surface area contributed by atoms with E-state index in [-0.39, 0.29) is 11.6 Å². The predicted molar refractivity (Wildman–Crippen MR) is 66.9 cm³/mol. The molecule has 3 aromatic heterocycles. The molecule has 3 aromatic rings. The summed E-state index contributed by atoms with van der Waals surface area (Å²) in [5.41, 5.74) is 0.995. The van der Waals surface area contributed by atoms with Crippen LogP contribution in [0.15, 0.2) is 30.7 Å². The Morgan fingerprint density at radius 3 is 3.00 bits per heavy atom. The maximum atomic E-state index is 11.1. The number of aromatic nitrogens is 5. The molecule has 7 nitrogen and oxygen atoms in total. The Labute approximate surface area is 107 Å². The average Bonchev–Trinajstić information content (AvgIpc) is 3.06. The number of hydrogen-bond donors (Lipinski definition) is 2. The van der Waals surface area contributed by atoms with Crippen LogP contribution in [0, 0.1) is 0 Å². The van der Waals surface area contributed by atoms with Gasteiger partial charge in [0.25, 0.3) is 0 Å². The molecule has 0 aromatic carbocycles. The molecule has 0 aliphatic carbocycles. The summed E-state index contributed by atoms with van der Waals surface area (Å²) < 4.78 is 1.73. The minimum absolute atomic E-state index is 0.120. The summed E-state index contributed by atoms with van der Waals surface area (Å²) >= 11 is 0. The molecule has 0 saturated heterocycles. The number of H-pyrrole nitrogens is 1. The lowest BCUT2D eigenvalue weighted by molar-refractivity contribution is 0.0698. The number of hydrogen-bond acceptors (Lipinski definition) is 4. The lowest BCUT2D eigenvalue weighted by Gasteiger charge is -2.08. The van der Waals surface area contributed by atoms with Crippen LogP contribution in [0.5, 0.6) is 0 Å². The number of nitrogens with zero attached hydrogens (tertiary/aromatic N) is 4. The summed E-state index contributed by atoms with van der Waals surface area (Å²) in [6, 6.07) is 3.15. The molecule has 1 atom stereocenters. The molecule has 19 heavy (non-hydrogen) atoms. The quantitative estimate of drug-likeness (QED) is 0.740. The van der Waals surface area contributed by atoms with Gasteiger partial charge in [0, 0.05) is 18.6 Å². The maximum absolute atomic E-state index is 11.1. The SMILES string of the molecule is CC(c1nc2nccc(C(=O)O)c2[nH]1)n1cccn1. The smallest absolute Gasteiger partial charge is 0.338 e. The second kappa shape index (κ2) is 4.20. The second-order valence-electron chi connectivity index (χ2n) is 4.15. The van der Waals surface area contributed by atoms with Crippen LogP contribution in [0.4, 0.5) is 0 Å². The predicted octanol–water partition coefficient (Wildman–Crippen LogP) is 1.46. The molecule has 2 N–H and O–H groups in total. The Morgan fingerprint density at radius 1 is 1.47 bits per heavy atom. The van der Waals surface area contributed by atoms with Gasteiger partial charge in [0.15, 0.2) is 5.65 Å². The highest BCUT2D eigenvalue weighted by Crippen LogP contribution is 2.19. The summed E-state index contributed by atoms with van der Waals surface area (Å²) in [6.07, 6.45) is 4.94. The number of pyridine rings is 1. The van der Waals surface area contributed by atoms with Crippen molar-refractivity contribution in [1.29, 1.82) is 0 Å². The highest BCUT2D eigenvalue weighted by molar-refractivity contribution is 5.99. The molecule has 3 rings (SSSR count). The molecule has 96 valence electrons. The van der Waals surface area contributed by atoms with Gasteiger partial charge in [-0.3, -0.25) is 4.68 Å². The lowest BCUT2D eigenvalue weighted by atomic mass is 10.2. The Morgan fingerprint density at radius 2 is 2.32 bits per heavy atom. The molecular weight excluding hydrogens is 246 g/mol. The molecule has 0 fully saturated rings. The number of rotatable bonds is 3. The van der Waals surface area contributed by atoms with Crippen LogP contribution in [-0.4, -0.2) is 35.8 Å². The fraction of sp³-hybridized carbons (Fsp3) is 0.167. The minimum atomic E-state index is -1.01. The summed E-state index contributed by atoms with van der Waals surface area (Å²) in [5, 5.41) is 13.3. The fourth-order valence-corrected chi connectivity index (χ4v) is 1.94. The van der Waals surface area contributed by atoms with Crippen molar-refractivity contribution >= 4 is 17.1 Å². The van der Waals surface area contributed by atoms with E-state index in [1.165, 1.54) is 12.3 Å². The molecule has 0 radical (unpaired) electrons. The van der Waals surface area contributed by atoms with Gasteiger partial charge < -0.3 is 10.1 Å². The topological polar surface area (TPSA) is 96.7 Å². The van der Waals surface area contributed by atoms with Gasteiger partial charge >= 0.3 is 5.97 Å². The number of aromatic amines is 1. The van der Waals surface area contributed by atoms with Gasteiger partial charge in [-0.2, -0.15) is 5.10 Å². The lowest BCUT2D eigenvalue weighted by Crippen LogP contribution is -2.08. The van der Waals surface area contributed by atoms with Crippen LogP contribution in [0.25, 0.3) is 11.2 Å². The third kappa shape index (κ3) is 1.85.